The molecule has 23 rings (SSSR count). The van der Waals surface area contributed by atoms with Gasteiger partial charge in [-0.3, -0.25) is 34.0 Å². The van der Waals surface area contributed by atoms with Crippen molar-refractivity contribution in [2.24, 2.45) is 35.3 Å². The fraction of sp³-hybridized carbons (Fsp3) is 0.398. The minimum absolute atomic E-state index is 0.0114. The number of nitrogens with one attached hydrogen (secondary N) is 1. The van der Waals surface area contributed by atoms with Gasteiger partial charge in [0.25, 0.3) is 0 Å². The van der Waals surface area contributed by atoms with Crippen molar-refractivity contribution in [1.82, 2.24) is 29.8 Å². The van der Waals surface area contributed by atoms with E-state index in [-0.39, 0.29) is 23.9 Å². The summed E-state index contributed by atoms with van der Waals surface area (Å²) in [7, 11) is 0. The third kappa shape index (κ3) is 15.6. The number of piperidine rings is 15. The minimum atomic E-state index is 0.0114. The van der Waals surface area contributed by atoms with Gasteiger partial charge in [-0.2, -0.15) is 0 Å². The maximum absolute atomic E-state index is 12.9. The Bertz CT molecular complexity index is 3690. The number of allylic oxidation sites excluding steroid dienone is 1. The molecule has 98 heavy (non-hydrogen) atoms. The van der Waals surface area contributed by atoms with Crippen LogP contribution < -0.4 is 11.1 Å². The predicted molar refractivity (Wildman–Crippen MR) is 396 cm³/mol. The van der Waals surface area contributed by atoms with E-state index in [9.17, 15) is 14.4 Å². The van der Waals surface area contributed by atoms with Gasteiger partial charge in [-0.1, -0.05) is 243 Å². The van der Waals surface area contributed by atoms with Gasteiger partial charge in [0.15, 0.2) is 11.6 Å². The average Bonchev–Trinajstić information content (AvgIpc) is 0.778. The first kappa shape index (κ1) is 67.3. The molecule has 0 aliphatic carbocycles. The molecule has 10 bridgehead atoms. The van der Waals surface area contributed by atoms with Crippen LogP contribution in [0.2, 0.25) is 0 Å². The predicted octanol–water partition coefficient (Wildman–Crippen LogP) is 14.4. The van der Waals surface area contributed by atoms with Crippen LogP contribution in [0.25, 0.3) is 6.08 Å². The van der Waals surface area contributed by atoms with Crippen LogP contribution in [0.3, 0.4) is 0 Å². The molecule has 0 spiro atoms. The van der Waals surface area contributed by atoms with E-state index in [1.54, 1.807) is 0 Å². The van der Waals surface area contributed by atoms with Crippen LogP contribution >= 0.6 is 0 Å². The van der Waals surface area contributed by atoms with Crippen molar-refractivity contribution in [3.63, 3.8) is 0 Å². The molecule has 506 valence electrons. The van der Waals surface area contributed by atoms with Crippen molar-refractivity contribution in [3.05, 3.63) is 293 Å². The SMILES string of the molecule is N[C@H]1C2CCN(CC2)[C@H]1C(c1ccccc1)c1ccccc1.O=C1/C(=C/c2ccccc2)N2CCC1CC2.O=C1C2CCN(CC2)C1C(c1ccccc1)c1ccccc1.O=C1CN2CCC1CC2.c1ccc(CN[C@H]2C3CCN(CC3)[C@H]2C(c2ccccc2)c2ccccc2)cc1. The van der Waals surface area contributed by atoms with Gasteiger partial charge in [0.2, 0.25) is 0 Å². The van der Waals surface area contributed by atoms with Crippen LogP contribution in [0.5, 0.6) is 0 Å². The van der Waals surface area contributed by atoms with Gasteiger partial charge in [0.1, 0.15) is 5.78 Å². The second-order valence-corrected chi connectivity index (χ2v) is 29.3. The first-order valence-electron chi connectivity index (χ1n) is 37.2. The minimum Gasteiger partial charge on any atom is -0.369 e. The molecule has 0 amide bonds. The van der Waals surface area contributed by atoms with E-state index in [2.05, 4.69) is 230 Å². The molecule has 15 heterocycles. The molecular formula is C88H101N7O3. The highest BCUT2D eigenvalue weighted by molar-refractivity contribution is 6.02. The van der Waals surface area contributed by atoms with Crippen molar-refractivity contribution < 1.29 is 14.4 Å². The zero-order valence-corrected chi connectivity index (χ0v) is 57.3. The van der Waals surface area contributed by atoms with Gasteiger partial charge in [-0.15, -0.1) is 0 Å². The molecule has 0 aromatic heterocycles. The Labute approximate surface area is 583 Å². The zero-order valence-electron chi connectivity index (χ0n) is 57.3. The van der Waals surface area contributed by atoms with E-state index >= 15 is 0 Å². The third-order valence-corrected chi connectivity index (χ3v) is 23.7. The van der Waals surface area contributed by atoms with Crippen LogP contribution in [0.1, 0.15) is 126 Å². The van der Waals surface area contributed by atoms with Crippen molar-refractivity contribution in [1.29, 1.82) is 0 Å². The number of ketones is 3. The van der Waals surface area contributed by atoms with Crippen LogP contribution in [0.15, 0.2) is 248 Å². The molecule has 0 radical (unpaired) electrons. The second-order valence-electron chi connectivity index (χ2n) is 29.3. The topological polar surface area (TPSA) is 105 Å². The van der Waals surface area contributed by atoms with Gasteiger partial charge in [-0.25, -0.2) is 0 Å². The van der Waals surface area contributed by atoms with Crippen molar-refractivity contribution in [2.45, 2.75) is 119 Å². The smallest absolute Gasteiger partial charge is 0.182 e. The summed E-state index contributed by atoms with van der Waals surface area (Å²) in [6, 6.07) is 87.8. The Morgan fingerprint density at radius 3 is 1.16 bits per heavy atom. The van der Waals surface area contributed by atoms with E-state index < -0.39 is 0 Å². The summed E-state index contributed by atoms with van der Waals surface area (Å²) in [6.07, 6.45) is 13.7. The van der Waals surface area contributed by atoms with Gasteiger partial charge >= 0.3 is 0 Å². The normalized spacial score (nSPS) is 28.3. The Morgan fingerprint density at radius 2 is 0.765 bits per heavy atom. The van der Waals surface area contributed by atoms with Crippen LogP contribution in [0, 0.1) is 29.6 Å². The summed E-state index contributed by atoms with van der Waals surface area (Å²) in [6.45, 7) is 13.1. The number of hydrogen-bond acceptors (Lipinski definition) is 10. The quantitative estimate of drug-likeness (QED) is 0.108. The van der Waals surface area contributed by atoms with Crippen LogP contribution in [-0.4, -0.2) is 144 Å². The van der Waals surface area contributed by atoms with Crippen molar-refractivity contribution in [2.75, 3.05) is 72.0 Å². The molecule has 15 fully saturated rings. The first-order valence-corrected chi connectivity index (χ1v) is 37.2. The van der Waals surface area contributed by atoms with Gasteiger partial charge in [0.05, 0.1) is 18.3 Å². The molecule has 8 aromatic rings. The van der Waals surface area contributed by atoms with E-state index in [0.29, 0.717) is 65.1 Å². The summed E-state index contributed by atoms with van der Waals surface area (Å²) in [4.78, 5) is 48.3. The second kappa shape index (κ2) is 32.4. The Kier molecular flexibility index (Phi) is 22.2. The van der Waals surface area contributed by atoms with E-state index in [1.165, 1.54) is 90.8 Å². The fourth-order valence-corrected chi connectivity index (χ4v) is 18.5. The Morgan fingerprint density at radius 1 is 0.388 bits per heavy atom. The van der Waals surface area contributed by atoms with Crippen LogP contribution in [-0.2, 0) is 20.9 Å². The standard InChI is InChI=1S/C27H30N2.C20H24N2.C20H21NO.C14H15NO.C7H11NO/c1-4-10-21(11-5-1)20-28-26-24-16-18-29(19-17-24)27(26)25(22-12-6-2-7-13-22)23-14-8-3-9-15-23;21-19-17-11-13-22(14-12-17)20(19)18(15-7-3-1-4-8-15)16-9-5-2-6-10-16;22-20-17-11-13-21(14-12-17)19(20)18(15-7-3-1-4-8-15)16-9-5-2-6-10-16;16-14-12-6-8-15(9-7-12)13(14)10-11-4-2-1-3-5-11;9-7-5-8-3-1-6(7)2-4-8/h1-15,24-28H,16-20H2;1-10,17-20H,11-14,21H2;1-10,17-19H,11-14H2;1-5,10,12H,6-9H2;6H,1-5H2/b;;;13-10-;/t26-,27-;19-,20-;;;/m00.../s1. The molecule has 15 saturated heterocycles. The van der Waals surface area contributed by atoms with E-state index in [4.69, 9.17) is 5.73 Å². The lowest BCUT2D eigenvalue weighted by Crippen LogP contribution is -2.64. The maximum Gasteiger partial charge on any atom is 0.182 e. The summed E-state index contributed by atoms with van der Waals surface area (Å²) in [5.74, 6) is 4.68. The number of nitrogens with two attached hydrogens (primary N) is 1. The number of nitrogens with zero attached hydrogens (tertiary/aromatic N) is 5. The number of Topliss-reactive ketones (excluding diaryl/α,β-unsaturated/α-hetero) is 3. The maximum atomic E-state index is 12.9. The highest BCUT2D eigenvalue weighted by Gasteiger charge is 2.49. The summed E-state index contributed by atoms with van der Waals surface area (Å²) < 4.78 is 0. The molecule has 5 atom stereocenters. The highest BCUT2D eigenvalue weighted by Crippen LogP contribution is 2.45. The van der Waals surface area contributed by atoms with E-state index in [0.717, 1.165) is 108 Å². The summed E-state index contributed by atoms with van der Waals surface area (Å²) in [5, 5.41) is 4.00. The number of fused-ring (bicyclic) bond motifs is 15. The lowest BCUT2D eigenvalue weighted by molar-refractivity contribution is -0.137. The lowest BCUT2D eigenvalue weighted by atomic mass is 9.70. The average molecular weight is 1300 g/mol. The molecular weight excluding hydrogens is 1200 g/mol. The molecule has 15 aliphatic rings. The highest BCUT2D eigenvalue weighted by atomic mass is 16.1. The number of carbonyl (C=O) groups is 3. The fourth-order valence-electron chi connectivity index (χ4n) is 18.5. The zero-order chi connectivity index (χ0) is 66.6. The number of rotatable bonds is 13. The van der Waals surface area contributed by atoms with Crippen molar-refractivity contribution >= 4 is 23.4 Å². The monoisotopic (exact) mass is 1300 g/mol. The number of benzene rings is 8. The van der Waals surface area contributed by atoms with Crippen molar-refractivity contribution in [3.8, 4) is 0 Å². The first-order chi connectivity index (χ1) is 48.3. The molecule has 10 nitrogen and oxygen atoms in total. The van der Waals surface area contributed by atoms with E-state index in [1.807, 2.05) is 48.5 Å². The summed E-state index contributed by atoms with van der Waals surface area (Å²) >= 11 is 0. The molecule has 1 unspecified atom stereocenters. The van der Waals surface area contributed by atoms with Gasteiger partial charge in [-0.05, 0) is 179 Å². The largest absolute Gasteiger partial charge is 0.369 e. The molecule has 15 aliphatic heterocycles. The number of carbonyl (C=O) groups excluding carboxylic acids is 3. The Balaban J connectivity index is 0.000000109. The molecule has 3 N–H and O–H groups in total. The molecule has 8 aromatic carbocycles. The van der Waals surface area contributed by atoms with Crippen LogP contribution in [0.4, 0.5) is 0 Å². The molecule has 0 saturated carbocycles. The Hall–Kier alpha value is -7.93. The van der Waals surface area contributed by atoms with Gasteiger partial charge < -0.3 is 16.0 Å². The summed E-state index contributed by atoms with van der Waals surface area (Å²) in [5.41, 5.74) is 18.3. The lowest BCUT2D eigenvalue weighted by Gasteiger charge is -2.54. The van der Waals surface area contributed by atoms with Gasteiger partial charge in [0, 0.05) is 79.3 Å². The third-order valence-electron chi connectivity index (χ3n) is 23.7. The molecule has 10 heteroatoms. The number of hydrogen-bond donors (Lipinski definition) is 2.